The van der Waals surface area contributed by atoms with Gasteiger partial charge in [0.1, 0.15) is 0 Å². The Bertz CT molecular complexity index is 345. The van der Waals surface area contributed by atoms with Crippen LogP contribution in [-0.4, -0.2) is 61.5 Å². The number of nitrogens with zero attached hydrogens (tertiary/aromatic N) is 1. The van der Waals surface area contributed by atoms with Crippen LogP contribution in [0, 0.1) is 5.92 Å². The lowest BCUT2D eigenvalue weighted by Crippen LogP contribution is -2.54. The number of methoxy groups -OCH3 is 2. The molecule has 102 valence electrons. The molecule has 0 aromatic rings. The zero-order valence-electron chi connectivity index (χ0n) is 10.2. The lowest BCUT2D eigenvalue weighted by atomic mass is 9.94. The molecule has 0 radical (unpaired) electrons. The number of carbonyl (C=O) groups excluding carboxylic acids is 2. The highest BCUT2D eigenvalue weighted by molar-refractivity contribution is 5.74. The van der Waals surface area contributed by atoms with Gasteiger partial charge in [-0.1, -0.05) is 0 Å². The quantitative estimate of drug-likeness (QED) is 0.717. The van der Waals surface area contributed by atoms with Crippen molar-refractivity contribution >= 4 is 18.2 Å². The first kappa shape index (κ1) is 14.1. The number of alkyl carbamates (subject to hydrolysis) is 1. The average Bonchev–Trinajstić information content (AvgIpc) is 2.37. The SMILES string of the molecule is COC(=O)NC1CC(C(=O)O)CN(C(=O)OC)C1. The van der Waals surface area contributed by atoms with E-state index < -0.39 is 30.1 Å². The van der Waals surface area contributed by atoms with Gasteiger partial charge in [-0.3, -0.25) is 4.79 Å². The second-order valence-electron chi connectivity index (χ2n) is 3.98. The van der Waals surface area contributed by atoms with Crippen molar-refractivity contribution in [2.75, 3.05) is 27.3 Å². The van der Waals surface area contributed by atoms with Crippen molar-refractivity contribution in [3.05, 3.63) is 0 Å². The molecule has 0 aromatic heterocycles. The van der Waals surface area contributed by atoms with Crippen LogP contribution in [0.3, 0.4) is 0 Å². The largest absolute Gasteiger partial charge is 0.481 e. The van der Waals surface area contributed by atoms with E-state index in [1.54, 1.807) is 0 Å². The topological polar surface area (TPSA) is 105 Å². The number of rotatable bonds is 2. The third-order valence-corrected chi connectivity index (χ3v) is 2.74. The molecule has 0 aromatic carbocycles. The molecule has 18 heavy (non-hydrogen) atoms. The summed E-state index contributed by atoms with van der Waals surface area (Å²) in [4.78, 5) is 34.7. The van der Waals surface area contributed by atoms with Gasteiger partial charge < -0.3 is 24.8 Å². The summed E-state index contributed by atoms with van der Waals surface area (Å²) in [5, 5.41) is 11.5. The predicted molar refractivity (Wildman–Crippen MR) is 59.0 cm³/mol. The van der Waals surface area contributed by atoms with Crippen LogP contribution in [0.25, 0.3) is 0 Å². The van der Waals surface area contributed by atoms with Crippen molar-refractivity contribution < 1.29 is 29.0 Å². The van der Waals surface area contributed by atoms with Gasteiger partial charge in [-0.15, -0.1) is 0 Å². The Labute approximate surface area is 104 Å². The number of piperidine rings is 1. The molecule has 2 amide bonds. The number of carbonyl (C=O) groups is 3. The van der Waals surface area contributed by atoms with Gasteiger partial charge in [0.25, 0.3) is 0 Å². The second kappa shape index (κ2) is 6.08. The highest BCUT2D eigenvalue weighted by atomic mass is 16.5. The summed E-state index contributed by atoms with van der Waals surface area (Å²) in [6.45, 7) is 0.271. The first-order valence-corrected chi connectivity index (χ1v) is 5.38. The van der Waals surface area contributed by atoms with Crippen molar-refractivity contribution in [1.29, 1.82) is 0 Å². The van der Waals surface area contributed by atoms with Crippen LogP contribution in [0.1, 0.15) is 6.42 Å². The zero-order valence-corrected chi connectivity index (χ0v) is 10.2. The van der Waals surface area contributed by atoms with E-state index in [-0.39, 0.29) is 19.5 Å². The predicted octanol–water partition coefficient (Wildman–Crippen LogP) is -0.116. The van der Waals surface area contributed by atoms with Gasteiger partial charge in [-0.2, -0.15) is 0 Å². The van der Waals surface area contributed by atoms with Gasteiger partial charge in [0.2, 0.25) is 0 Å². The van der Waals surface area contributed by atoms with E-state index in [1.807, 2.05) is 0 Å². The Balaban J connectivity index is 2.71. The standard InChI is InChI=1S/C10H16N2O6/c1-17-9(15)11-7-3-6(8(13)14)4-12(5-7)10(16)18-2/h6-7H,3-5H2,1-2H3,(H,11,15)(H,13,14). The number of aliphatic carboxylic acids is 1. The van der Waals surface area contributed by atoms with Gasteiger partial charge in [-0.25, -0.2) is 9.59 Å². The van der Waals surface area contributed by atoms with E-state index in [0.29, 0.717) is 0 Å². The molecule has 2 unspecified atom stereocenters. The van der Waals surface area contributed by atoms with E-state index in [4.69, 9.17) is 5.11 Å². The minimum atomic E-state index is -1.01. The Kier molecular flexibility index (Phi) is 4.75. The van der Waals surface area contributed by atoms with Crippen molar-refractivity contribution in [3.8, 4) is 0 Å². The fourth-order valence-electron chi connectivity index (χ4n) is 1.89. The molecular formula is C10H16N2O6. The monoisotopic (exact) mass is 260 g/mol. The van der Waals surface area contributed by atoms with E-state index in [9.17, 15) is 14.4 Å². The summed E-state index contributed by atoms with van der Waals surface area (Å²) in [6, 6.07) is -0.466. The molecule has 8 heteroatoms. The van der Waals surface area contributed by atoms with Crippen LogP contribution in [0.15, 0.2) is 0 Å². The molecule has 2 N–H and O–H groups in total. The Morgan fingerprint density at radius 2 is 1.89 bits per heavy atom. The van der Waals surface area contributed by atoms with Gasteiger partial charge in [-0.05, 0) is 6.42 Å². The molecule has 1 aliphatic rings. The van der Waals surface area contributed by atoms with E-state index in [0.717, 1.165) is 0 Å². The normalized spacial score (nSPS) is 23.1. The molecule has 1 saturated heterocycles. The molecule has 0 bridgehead atoms. The summed E-state index contributed by atoms with van der Waals surface area (Å²) < 4.78 is 8.99. The Morgan fingerprint density at radius 1 is 1.22 bits per heavy atom. The van der Waals surface area contributed by atoms with Gasteiger partial charge in [0.15, 0.2) is 0 Å². The van der Waals surface area contributed by atoms with Gasteiger partial charge >= 0.3 is 18.2 Å². The maximum absolute atomic E-state index is 11.4. The van der Waals surface area contributed by atoms with E-state index in [1.165, 1.54) is 19.1 Å². The summed E-state index contributed by atoms with van der Waals surface area (Å²) >= 11 is 0. The third-order valence-electron chi connectivity index (χ3n) is 2.74. The third kappa shape index (κ3) is 3.51. The minimum Gasteiger partial charge on any atom is -0.481 e. The number of ether oxygens (including phenoxy) is 2. The van der Waals surface area contributed by atoms with Crippen LogP contribution in [-0.2, 0) is 14.3 Å². The number of nitrogens with one attached hydrogen (secondary N) is 1. The lowest BCUT2D eigenvalue weighted by molar-refractivity contribution is -0.143. The van der Waals surface area contributed by atoms with Gasteiger partial charge in [0, 0.05) is 13.1 Å². The maximum atomic E-state index is 11.4. The van der Waals surface area contributed by atoms with Crippen LogP contribution in [0.4, 0.5) is 9.59 Å². The number of carboxylic acid groups (broad SMARTS) is 1. The first-order chi connectivity index (χ1) is 8.47. The molecule has 1 rings (SSSR count). The Morgan fingerprint density at radius 3 is 2.39 bits per heavy atom. The lowest BCUT2D eigenvalue weighted by Gasteiger charge is -2.35. The summed E-state index contributed by atoms with van der Waals surface area (Å²) in [7, 11) is 2.43. The smallest absolute Gasteiger partial charge is 0.409 e. The van der Waals surface area contributed by atoms with E-state index >= 15 is 0 Å². The molecule has 2 atom stereocenters. The minimum absolute atomic E-state index is 0.0708. The average molecular weight is 260 g/mol. The number of hydrogen-bond donors (Lipinski definition) is 2. The van der Waals surface area contributed by atoms with Crippen LogP contribution >= 0.6 is 0 Å². The molecule has 1 fully saturated rings. The number of carboxylic acids is 1. The van der Waals surface area contributed by atoms with E-state index in [2.05, 4.69) is 14.8 Å². The van der Waals surface area contributed by atoms with Crippen molar-refractivity contribution in [2.45, 2.75) is 12.5 Å². The van der Waals surface area contributed by atoms with Crippen molar-refractivity contribution in [1.82, 2.24) is 10.2 Å². The Hall–Kier alpha value is -1.99. The molecule has 8 nitrogen and oxygen atoms in total. The zero-order chi connectivity index (χ0) is 13.7. The number of likely N-dealkylation sites (tertiary alicyclic amines) is 1. The summed E-state index contributed by atoms with van der Waals surface area (Å²) in [5.41, 5.74) is 0. The number of hydrogen-bond acceptors (Lipinski definition) is 5. The summed E-state index contributed by atoms with van der Waals surface area (Å²) in [5.74, 6) is -1.75. The van der Waals surface area contributed by atoms with Crippen molar-refractivity contribution in [2.24, 2.45) is 5.92 Å². The van der Waals surface area contributed by atoms with Crippen LogP contribution in [0.5, 0.6) is 0 Å². The first-order valence-electron chi connectivity index (χ1n) is 5.38. The van der Waals surface area contributed by atoms with Crippen LogP contribution < -0.4 is 5.32 Å². The number of amides is 2. The molecule has 0 saturated carbocycles. The van der Waals surface area contributed by atoms with Gasteiger partial charge in [0.05, 0.1) is 26.2 Å². The van der Waals surface area contributed by atoms with Crippen LogP contribution in [0.2, 0.25) is 0 Å². The molecule has 0 aliphatic carbocycles. The fourth-order valence-corrected chi connectivity index (χ4v) is 1.89. The fraction of sp³-hybridized carbons (Fsp3) is 0.700. The molecule has 0 spiro atoms. The molecular weight excluding hydrogens is 244 g/mol. The molecule has 1 heterocycles. The molecule has 1 aliphatic heterocycles. The maximum Gasteiger partial charge on any atom is 0.409 e. The highest BCUT2D eigenvalue weighted by Crippen LogP contribution is 2.18. The highest BCUT2D eigenvalue weighted by Gasteiger charge is 2.35. The summed E-state index contributed by atoms with van der Waals surface area (Å²) in [6.07, 6.45) is -1.02. The second-order valence-corrected chi connectivity index (χ2v) is 3.98. The van der Waals surface area contributed by atoms with Crippen molar-refractivity contribution in [3.63, 3.8) is 0 Å².